The fourth-order valence-corrected chi connectivity index (χ4v) is 2.03. The molecule has 0 atom stereocenters. The molecule has 0 saturated heterocycles. The third-order valence-corrected chi connectivity index (χ3v) is 2.92. The minimum atomic E-state index is -0.918. The molecular weight excluding hydrogens is 204 g/mol. The molecule has 1 aromatic rings. The van der Waals surface area contributed by atoms with Gasteiger partial charge in [-0.05, 0) is 44.7 Å². The highest BCUT2D eigenvalue weighted by Crippen LogP contribution is 2.27. The normalized spacial score (nSPS) is 18.1. The second-order valence-corrected chi connectivity index (χ2v) is 4.90. The monoisotopic (exact) mass is 220 g/mol. The third-order valence-electron chi connectivity index (χ3n) is 2.92. The van der Waals surface area contributed by atoms with Crippen LogP contribution in [0.15, 0.2) is 12.3 Å². The van der Waals surface area contributed by atoms with E-state index in [2.05, 4.69) is 24.1 Å². The van der Waals surface area contributed by atoms with Crippen molar-refractivity contribution >= 4 is 11.8 Å². The van der Waals surface area contributed by atoms with Crippen LogP contribution in [0.5, 0.6) is 0 Å². The van der Waals surface area contributed by atoms with Crippen LogP contribution in [-0.2, 0) is 6.42 Å². The molecular formula is C12H16N2O2. The van der Waals surface area contributed by atoms with Crippen molar-refractivity contribution < 1.29 is 9.90 Å². The van der Waals surface area contributed by atoms with Crippen molar-refractivity contribution in [1.29, 1.82) is 0 Å². The van der Waals surface area contributed by atoms with E-state index >= 15 is 0 Å². The second kappa shape index (κ2) is 3.77. The van der Waals surface area contributed by atoms with E-state index in [4.69, 9.17) is 5.11 Å². The molecule has 1 aromatic heterocycles. The molecule has 1 aliphatic rings. The number of aromatic carboxylic acids is 1. The highest BCUT2D eigenvalue weighted by atomic mass is 16.4. The maximum atomic E-state index is 10.8. The van der Waals surface area contributed by atoms with Crippen molar-refractivity contribution in [3.8, 4) is 0 Å². The molecule has 4 nitrogen and oxygen atoms in total. The lowest BCUT2D eigenvalue weighted by Gasteiger charge is -2.24. The van der Waals surface area contributed by atoms with E-state index in [0.29, 0.717) is 0 Å². The Bertz CT molecular complexity index is 427. The number of nitrogens with zero attached hydrogens (tertiary/aromatic N) is 1. The van der Waals surface area contributed by atoms with Crippen molar-refractivity contribution in [2.24, 2.45) is 0 Å². The summed E-state index contributed by atoms with van der Waals surface area (Å²) < 4.78 is 0. The largest absolute Gasteiger partial charge is 0.478 e. The van der Waals surface area contributed by atoms with Gasteiger partial charge in [0.15, 0.2) is 0 Å². The standard InChI is InChI=1S/C12H16N2O2/c1-12(2)5-3-4-8-6-9(11(15)16)7-13-10(8)14-12/h6-7H,3-5H2,1-2H3,(H,13,14)(H,15,16). The Hall–Kier alpha value is -1.58. The molecule has 2 heterocycles. The molecule has 2 rings (SSSR count). The number of pyridine rings is 1. The molecule has 16 heavy (non-hydrogen) atoms. The molecule has 4 heteroatoms. The van der Waals surface area contributed by atoms with Gasteiger partial charge in [-0.2, -0.15) is 0 Å². The number of carboxylic acids is 1. The molecule has 0 bridgehead atoms. The maximum absolute atomic E-state index is 10.8. The van der Waals surface area contributed by atoms with Gasteiger partial charge in [-0.1, -0.05) is 0 Å². The average Bonchev–Trinajstić information content (AvgIpc) is 2.33. The van der Waals surface area contributed by atoms with E-state index < -0.39 is 5.97 Å². The first-order chi connectivity index (χ1) is 7.48. The zero-order chi connectivity index (χ0) is 11.8. The predicted molar refractivity (Wildman–Crippen MR) is 61.8 cm³/mol. The first kappa shape index (κ1) is 10.9. The topological polar surface area (TPSA) is 62.2 Å². The number of rotatable bonds is 1. The third kappa shape index (κ3) is 2.15. The van der Waals surface area contributed by atoms with Gasteiger partial charge in [-0.25, -0.2) is 9.78 Å². The van der Waals surface area contributed by atoms with Gasteiger partial charge in [0.2, 0.25) is 0 Å². The van der Waals surface area contributed by atoms with Gasteiger partial charge < -0.3 is 10.4 Å². The lowest BCUT2D eigenvalue weighted by atomic mass is 9.98. The van der Waals surface area contributed by atoms with Crippen LogP contribution in [0.25, 0.3) is 0 Å². The summed E-state index contributed by atoms with van der Waals surface area (Å²) in [5.41, 5.74) is 1.30. The number of carbonyl (C=O) groups is 1. The fourth-order valence-electron chi connectivity index (χ4n) is 2.03. The molecule has 0 fully saturated rings. The van der Waals surface area contributed by atoms with Gasteiger partial charge in [0, 0.05) is 11.7 Å². The summed E-state index contributed by atoms with van der Waals surface area (Å²) in [7, 11) is 0. The average molecular weight is 220 g/mol. The number of aromatic nitrogens is 1. The van der Waals surface area contributed by atoms with Crippen LogP contribution in [0.4, 0.5) is 5.82 Å². The summed E-state index contributed by atoms with van der Waals surface area (Å²) in [5.74, 6) is -0.0914. The Morgan fingerprint density at radius 1 is 1.56 bits per heavy atom. The van der Waals surface area contributed by atoms with E-state index in [0.717, 1.165) is 30.6 Å². The highest BCUT2D eigenvalue weighted by Gasteiger charge is 2.23. The van der Waals surface area contributed by atoms with Gasteiger partial charge in [-0.3, -0.25) is 0 Å². The van der Waals surface area contributed by atoms with Crippen LogP contribution in [-0.4, -0.2) is 21.6 Å². The summed E-state index contributed by atoms with van der Waals surface area (Å²) in [5, 5.41) is 12.3. The van der Waals surface area contributed by atoms with E-state index in [1.54, 1.807) is 6.07 Å². The summed E-state index contributed by atoms with van der Waals surface area (Å²) in [4.78, 5) is 15.0. The van der Waals surface area contributed by atoms with Crippen LogP contribution in [0, 0.1) is 0 Å². The van der Waals surface area contributed by atoms with Crippen molar-refractivity contribution in [3.05, 3.63) is 23.4 Å². The van der Waals surface area contributed by atoms with E-state index in [-0.39, 0.29) is 11.1 Å². The number of anilines is 1. The van der Waals surface area contributed by atoms with E-state index in [1.807, 2.05) is 0 Å². The summed E-state index contributed by atoms with van der Waals surface area (Å²) in [6.07, 6.45) is 4.42. The van der Waals surface area contributed by atoms with Crippen molar-refractivity contribution in [2.45, 2.75) is 38.6 Å². The molecule has 86 valence electrons. The zero-order valence-corrected chi connectivity index (χ0v) is 9.58. The predicted octanol–water partition coefficient (Wildman–Crippen LogP) is 2.31. The first-order valence-electron chi connectivity index (χ1n) is 5.48. The summed E-state index contributed by atoms with van der Waals surface area (Å²) in [6, 6.07) is 1.72. The highest BCUT2D eigenvalue weighted by molar-refractivity contribution is 5.87. The van der Waals surface area contributed by atoms with E-state index in [9.17, 15) is 4.79 Å². The number of nitrogens with one attached hydrogen (secondary N) is 1. The number of aryl methyl sites for hydroxylation is 1. The van der Waals surface area contributed by atoms with Crippen LogP contribution >= 0.6 is 0 Å². The summed E-state index contributed by atoms with van der Waals surface area (Å²) in [6.45, 7) is 4.27. The van der Waals surface area contributed by atoms with Gasteiger partial charge in [0.1, 0.15) is 5.82 Å². The Labute approximate surface area is 94.7 Å². The van der Waals surface area contributed by atoms with Gasteiger partial charge in [-0.15, -0.1) is 0 Å². The second-order valence-electron chi connectivity index (χ2n) is 4.90. The van der Waals surface area contributed by atoms with Crippen molar-refractivity contribution in [1.82, 2.24) is 4.98 Å². The van der Waals surface area contributed by atoms with Gasteiger partial charge in [0.05, 0.1) is 5.56 Å². The number of hydrogen-bond donors (Lipinski definition) is 2. The Morgan fingerprint density at radius 3 is 3.00 bits per heavy atom. The van der Waals surface area contributed by atoms with Crippen molar-refractivity contribution in [3.63, 3.8) is 0 Å². The lowest BCUT2D eigenvalue weighted by Crippen LogP contribution is -2.30. The quantitative estimate of drug-likeness (QED) is 0.762. The fraction of sp³-hybridized carbons (Fsp3) is 0.500. The number of fused-ring (bicyclic) bond motifs is 1. The van der Waals surface area contributed by atoms with E-state index in [1.165, 1.54) is 6.20 Å². The molecule has 0 aromatic carbocycles. The Kier molecular flexibility index (Phi) is 2.58. The molecule has 0 amide bonds. The number of carboxylic acid groups (broad SMARTS) is 1. The van der Waals surface area contributed by atoms with Crippen molar-refractivity contribution in [2.75, 3.05) is 5.32 Å². The van der Waals surface area contributed by atoms with Crippen LogP contribution in [0.1, 0.15) is 42.6 Å². The Morgan fingerprint density at radius 2 is 2.31 bits per heavy atom. The lowest BCUT2D eigenvalue weighted by molar-refractivity contribution is 0.0696. The zero-order valence-electron chi connectivity index (χ0n) is 9.58. The maximum Gasteiger partial charge on any atom is 0.337 e. The van der Waals surface area contributed by atoms with Crippen LogP contribution in [0.2, 0.25) is 0 Å². The Balaban J connectivity index is 2.38. The van der Waals surface area contributed by atoms with Gasteiger partial charge in [0.25, 0.3) is 0 Å². The van der Waals surface area contributed by atoms with Crippen LogP contribution in [0.3, 0.4) is 0 Å². The minimum absolute atomic E-state index is 0.0307. The molecule has 0 saturated carbocycles. The first-order valence-corrected chi connectivity index (χ1v) is 5.48. The smallest absolute Gasteiger partial charge is 0.337 e. The van der Waals surface area contributed by atoms with Crippen LogP contribution < -0.4 is 5.32 Å². The molecule has 0 unspecified atom stereocenters. The SMILES string of the molecule is CC1(C)CCCc2cc(C(=O)O)cnc2N1. The summed E-state index contributed by atoms with van der Waals surface area (Å²) >= 11 is 0. The molecule has 0 radical (unpaired) electrons. The minimum Gasteiger partial charge on any atom is -0.478 e. The molecule has 2 N–H and O–H groups in total. The number of hydrogen-bond acceptors (Lipinski definition) is 3. The molecule has 0 aliphatic carbocycles. The molecule has 1 aliphatic heterocycles. The molecule has 0 spiro atoms. The van der Waals surface area contributed by atoms with Gasteiger partial charge >= 0.3 is 5.97 Å².